The zero-order valence-electron chi connectivity index (χ0n) is 16.4. The molecule has 2 heterocycles. The van der Waals surface area contributed by atoms with Crippen LogP contribution in [0.3, 0.4) is 0 Å². The first-order chi connectivity index (χ1) is 12.9. The number of nitrogen functional groups attached to an aromatic ring is 1. The van der Waals surface area contributed by atoms with E-state index in [4.69, 9.17) is 22.1 Å². The number of carbonyl (C=O) groups is 2. The van der Waals surface area contributed by atoms with Crippen LogP contribution in [0.15, 0.2) is 12.1 Å². The molecule has 2 fully saturated rings. The highest BCUT2D eigenvalue weighted by atomic mass is 35.5. The Labute approximate surface area is 177 Å². The second-order valence-corrected chi connectivity index (χ2v) is 8.06. The van der Waals surface area contributed by atoms with Gasteiger partial charge in [0.1, 0.15) is 5.75 Å². The molecular weight excluding hydrogens is 401 g/mol. The molecule has 0 spiro atoms. The number of carbonyl (C=O) groups excluding carboxylic acids is 2. The maximum Gasteiger partial charge on any atom is 0.257 e. The van der Waals surface area contributed by atoms with Crippen LogP contribution in [0, 0.1) is 11.8 Å². The van der Waals surface area contributed by atoms with Crippen molar-refractivity contribution in [3.63, 3.8) is 0 Å². The van der Waals surface area contributed by atoms with E-state index in [0.29, 0.717) is 53.9 Å². The van der Waals surface area contributed by atoms with E-state index in [0.717, 1.165) is 25.9 Å². The summed E-state index contributed by atoms with van der Waals surface area (Å²) in [6.45, 7) is 5.08. The number of amides is 2. The molecule has 0 bridgehead atoms. The summed E-state index contributed by atoms with van der Waals surface area (Å²) < 4.78 is 5.29. The SMILES string of the molecule is COc1cc(N)c(Cl)cc1C(=O)N1CCC(C(=O)N2CCC(C)CC2)CC1.Cl. The van der Waals surface area contributed by atoms with Crippen molar-refractivity contribution in [3.8, 4) is 5.75 Å². The van der Waals surface area contributed by atoms with Crippen LogP contribution < -0.4 is 10.5 Å². The van der Waals surface area contributed by atoms with E-state index in [1.54, 1.807) is 17.0 Å². The highest BCUT2D eigenvalue weighted by molar-refractivity contribution is 6.33. The van der Waals surface area contributed by atoms with Gasteiger partial charge in [-0.05, 0) is 37.7 Å². The Morgan fingerprint density at radius 1 is 1.07 bits per heavy atom. The number of halogens is 2. The largest absolute Gasteiger partial charge is 0.496 e. The molecule has 156 valence electrons. The molecule has 8 heteroatoms. The molecule has 0 radical (unpaired) electrons. The van der Waals surface area contributed by atoms with Crippen LogP contribution in [-0.2, 0) is 4.79 Å². The normalized spacial score (nSPS) is 18.5. The van der Waals surface area contributed by atoms with Crippen LogP contribution in [-0.4, -0.2) is 54.9 Å². The lowest BCUT2D eigenvalue weighted by Crippen LogP contribution is -2.46. The molecule has 0 atom stereocenters. The predicted molar refractivity (Wildman–Crippen MR) is 113 cm³/mol. The Balaban J connectivity index is 0.00000280. The van der Waals surface area contributed by atoms with Crippen LogP contribution in [0.4, 0.5) is 5.69 Å². The average molecular weight is 430 g/mol. The molecule has 2 aliphatic rings. The standard InChI is InChI=1S/C20H28ClN3O3.ClH/c1-13-3-7-23(8-4-13)19(25)14-5-9-24(10-6-14)20(26)15-11-16(21)17(22)12-18(15)27-2;/h11-14H,3-10,22H2,1-2H3;1H. The van der Waals surface area contributed by atoms with Crippen molar-refractivity contribution in [2.75, 3.05) is 39.0 Å². The first-order valence-corrected chi connectivity index (χ1v) is 9.99. The molecule has 2 aliphatic heterocycles. The Hall–Kier alpha value is -1.66. The fourth-order valence-electron chi connectivity index (χ4n) is 3.89. The number of piperidine rings is 2. The first-order valence-electron chi connectivity index (χ1n) is 9.61. The predicted octanol–water partition coefficient (Wildman–Crippen LogP) is 3.46. The number of anilines is 1. The van der Waals surface area contributed by atoms with E-state index in [1.165, 1.54) is 7.11 Å². The van der Waals surface area contributed by atoms with Gasteiger partial charge >= 0.3 is 0 Å². The lowest BCUT2D eigenvalue weighted by molar-refractivity contribution is -0.138. The van der Waals surface area contributed by atoms with Crippen LogP contribution in [0.5, 0.6) is 5.75 Å². The molecule has 3 rings (SSSR count). The van der Waals surface area contributed by atoms with Gasteiger partial charge in [-0.15, -0.1) is 12.4 Å². The van der Waals surface area contributed by atoms with E-state index in [1.807, 2.05) is 4.90 Å². The minimum Gasteiger partial charge on any atom is -0.496 e. The third-order valence-electron chi connectivity index (χ3n) is 5.78. The molecule has 0 aromatic heterocycles. The average Bonchev–Trinajstić information content (AvgIpc) is 2.69. The van der Waals surface area contributed by atoms with Crippen molar-refractivity contribution in [3.05, 3.63) is 22.7 Å². The van der Waals surface area contributed by atoms with Crippen molar-refractivity contribution in [2.24, 2.45) is 11.8 Å². The quantitative estimate of drug-likeness (QED) is 0.746. The molecule has 28 heavy (non-hydrogen) atoms. The van der Waals surface area contributed by atoms with Gasteiger partial charge in [0.25, 0.3) is 5.91 Å². The summed E-state index contributed by atoms with van der Waals surface area (Å²) in [6, 6.07) is 3.13. The van der Waals surface area contributed by atoms with Crippen molar-refractivity contribution in [1.82, 2.24) is 9.80 Å². The first kappa shape index (κ1) is 22.6. The number of nitrogens with two attached hydrogens (primary N) is 1. The summed E-state index contributed by atoms with van der Waals surface area (Å²) >= 11 is 6.09. The zero-order chi connectivity index (χ0) is 19.6. The molecule has 0 unspecified atom stereocenters. The number of methoxy groups -OCH3 is 1. The van der Waals surface area contributed by atoms with E-state index in [9.17, 15) is 9.59 Å². The number of hydrogen-bond donors (Lipinski definition) is 1. The lowest BCUT2D eigenvalue weighted by Gasteiger charge is -2.36. The molecular formula is C20H29Cl2N3O3. The van der Waals surface area contributed by atoms with Gasteiger partial charge in [-0.25, -0.2) is 0 Å². The molecule has 2 saturated heterocycles. The van der Waals surface area contributed by atoms with Crippen LogP contribution >= 0.6 is 24.0 Å². The summed E-state index contributed by atoms with van der Waals surface area (Å²) in [6.07, 6.45) is 3.56. The number of rotatable bonds is 3. The maximum atomic E-state index is 12.9. The monoisotopic (exact) mass is 429 g/mol. The summed E-state index contributed by atoms with van der Waals surface area (Å²) in [5.41, 5.74) is 6.58. The Bertz CT molecular complexity index is 713. The van der Waals surface area contributed by atoms with Crippen LogP contribution in [0.2, 0.25) is 5.02 Å². The van der Waals surface area contributed by atoms with Crippen molar-refractivity contribution < 1.29 is 14.3 Å². The molecule has 2 N–H and O–H groups in total. The summed E-state index contributed by atoms with van der Waals surface area (Å²) in [4.78, 5) is 29.4. The number of ether oxygens (including phenoxy) is 1. The van der Waals surface area contributed by atoms with Crippen molar-refractivity contribution >= 4 is 41.5 Å². The van der Waals surface area contributed by atoms with E-state index < -0.39 is 0 Å². The fraction of sp³-hybridized carbons (Fsp3) is 0.600. The number of nitrogens with zero attached hydrogens (tertiary/aromatic N) is 2. The number of benzene rings is 1. The van der Waals surface area contributed by atoms with E-state index in [-0.39, 0.29) is 30.1 Å². The van der Waals surface area contributed by atoms with Crippen LogP contribution in [0.25, 0.3) is 0 Å². The van der Waals surface area contributed by atoms with E-state index >= 15 is 0 Å². The van der Waals surface area contributed by atoms with Gasteiger partial charge in [0.2, 0.25) is 5.91 Å². The van der Waals surface area contributed by atoms with E-state index in [2.05, 4.69) is 6.92 Å². The Morgan fingerprint density at radius 3 is 2.21 bits per heavy atom. The Kier molecular flexibility index (Phi) is 7.84. The minimum atomic E-state index is -0.133. The van der Waals surface area contributed by atoms with Gasteiger partial charge in [-0.1, -0.05) is 18.5 Å². The molecule has 1 aromatic rings. The summed E-state index contributed by atoms with van der Waals surface area (Å²) in [5, 5.41) is 0.337. The number of hydrogen-bond acceptors (Lipinski definition) is 4. The molecule has 0 saturated carbocycles. The minimum absolute atomic E-state index is 0. The summed E-state index contributed by atoms with van der Waals surface area (Å²) in [7, 11) is 1.50. The Morgan fingerprint density at radius 2 is 1.64 bits per heavy atom. The summed E-state index contributed by atoms with van der Waals surface area (Å²) in [5.74, 6) is 1.26. The molecule has 1 aromatic carbocycles. The second-order valence-electron chi connectivity index (χ2n) is 7.65. The maximum absolute atomic E-state index is 12.9. The lowest BCUT2D eigenvalue weighted by atomic mass is 9.92. The van der Waals surface area contributed by atoms with Crippen LogP contribution in [0.1, 0.15) is 43.0 Å². The molecule has 2 amide bonds. The van der Waals surface area contributed by atoms with Gasteiger partial charge in [0, 0.05) is 38.2 Å². The van der Waals surface area contributed by atoms with Gasteiger partial charge in [0.05, 0.1) is 23.4 Å². The van der Waals surface area contributed by atoms with Gasteiger partial charge in [-0.3, -0.25) is 9.59 Å². The topological polar surface area (TPSA) is 75.9 Å². The highest BCUT2D eigenvalue weighted by Crippen LogP contribution is 2.31. The fourth-order valence-corrected chi connectivity index (χ4v) is 4.06. The van der Waals surface area contributed by atoms with Crippen molar-refractivity contribution in [2.45, 2.75) is 32.6 Å². The smallest absolute Gasteiger partial charge is 0.257 e. The van der Waals surface area contributed by atoms with Crippen molar-refractivity contribution in [1.29, 1.82) is 0 Å². The third kappa shape index (κ3) is 4.84. The molecule has 0 aliphatic carbocycles. The third-order valence-corrected chi connectivity index (χ3v) is 6.10. The molecule has 6 nitrogen and oxygen atoms in total. The van der Waals surface area contributed by atoms with Gasteiger partial charge < -0.3 is 20.3 Å². The highest BCUT2D eigenvalue weighted by Gasteiger charge is 2.32. The zero-order valence-corrected chi connectivity index (χ0v) is 18.0. The second kappa shape index (κ2) is 9.70. The van der Waals surface area contributed by atoms with Gasteiger partial charge in [-0.2, -0.15) is 0 Å². The van der Waals surface area contributed by atoms with Gasteiger partial charge in [0.15, 0.2) is 0 Å². The number of likely N-dealkylation sites (tertiary alicyclic amines) is 2.